The lowest BCUT2D eigenvalue weighted by Crippen LogP contribution is -2.60. The van der Waals surface area contributed by atoms with Crippen molar-refractivity contribution in [2.75, 3.05) is 13.2 Å². The molecule has 1 saturated heterocycles. The topological polar surface area (TPSA) is 149 Å². The van der Waals surface area contributed by atoms with Gasteiger partial charge in [0.1, 0.15) is 24.4 Å². The summed E-state index contributed by atoms with van der Waals surface area (Å²) >= 11 is 0. The number of amides is 1. The van der Waals surface area contributed by atoms with Gasteiger partial charge >= 0.3 is 0 Å². The lowest BCUT2D eigenvalue weighted by atomic mass is 9.99. The molecule has 1 heterocycles. The van der Waals surface area contributed by atoms with Gasteiger partial charge in [0.25, 0.3) is 0 Å². The minimum absolute atomic E-state index is 0.202. The Morgan fingerprint density at radius 1 is 0.486 bits per heavy atom. The molecule has 1 aliphatic rings. The van der Waals surface area contributed by atoms with E-state index in [0.717, 1.165) is 89.9 Å². The van der Waals surface area contributed by atoms with Crippen LogP contribution in [0.5, 0.6) is 0 Å². The fourth-order valence-corrected chi connectivity index (χ4v) is 9.04. The van der Waals surface area contributed by atoms with Crippen molar-refractivity contribution >= 4 is 5.91 Å². The molecule has 9 nitrogen and oxygen atoms in total. The van der Waals surface area contributed by atoms with Gasteiger partial charge in [-0.3, -0.25) is 4.79 Å². The number of carbonyl (C=O) groups is 1. The maximum atomic E-state index is 13.1. The first kappa shape index (κ1) is 67.4. The first-order valence-corrected chi connectivity index (χ1v) is 29.8. The van der Waals surface area contributed by atoms with Crippen molar-refractivity contribution in [1.82, 2.24) is 5.32 Å². The quantitative estimate of drug-likeness (QED) is 0.0261. The Hall–Kier alpha value is -2.63. The number of nitrogens with one attached hydrogen (secondary N) is 1. The van der Waals surface area contributed by atoms with Crippen LogP contribution >= 0.6 is 0 Å². The van der Waals surface area contributed by atoms with Gasteiger partial charge in [-0.2, -0.15) is 0 Å². The zero-order valence-electron chi connectivity index (χ0n) is 46.2. The summed E-state index contributed by atoms with van der Waals surface area (Å²) in [6.45, 7) is 3.67. The standard InChI is InChI=1S/C63H111NO8/c1-3-5-7-9-11-13-15-17-19-21-23-25-27-28-29-31-32-34-36-38-40-42-44-46-48-50-52-57(66)56(55-71-63-62(70)61(69)60(68)58(54-65)72-63)64-59(67)53-51-49-47-45-43-41-39-37-35-33-30-26-24-22-20-18-16-14-12-10-8-6-4-2/h6,8,12,14,18,20,24,26,33,35,39,41,50,52,56-58,60-63,65-66,68-70H,3-5,7,9-11,13,15-17,19,21-23,25,27-32,34,36-38,40,42-49,51,53-55H2,1-2H3,(H,64,67)/b8-6-,14-12-,20-18-,26-24-,35-33-,41-39-,52-50+. The summed E-state index contributed by atoms with van der Waals surface area (Å²) in [5.74, 6) is -0.202. The van der Waals surface area contributed by atoms with Crippen molar-refractivity contribution in [3.05, 3.63) is 85.1 Å². The monoisotopic (exact) mass is 1010 g/mol. The Kier molecular flexibility index (Phi) is 48.5. The van der Waals surface area contributed by atoms with Crippen molar-refractivity contribution in [2.24, 2.45) is 0 Å². The molecule has 7 atom stereocenters. The van der Waals surface area contributed by atoms with E-state index < -0.39 is 49.5 Å². The Morgan fingerprint density at radius 2 is 0.861 bits per heavy atom. The van der Waals surface area contributed by atoms with E-state index in [1.54, 1.807) is 6.08 Å². The fraction of sp³-hybridized carbons (Fsp3) is 0.762. The second-order valence-electron chi connectivity index (χ2n) is 20.4. The van der Waals surface area contributed by atoms with Gasteiger partial charge in [-0.1, -0.05) is 259 Å². The Balaban J connectivity index is 2.25. The Morgan fingerprint density at radius 3 is 1.28 bits per heavy atom. The van der Waals surface area contributed by atoms with Gasteiger partial charge < -0.3 is 40.3 Å². The molecule has 0 bridgehead atoms. The third-order valence-electron chi connectivity index (χ3n) is 13.7. The first-order chi connectivity index (χ1) is 35.3. The fourth-order valence-electron chi connectivity index (χ4n) is 9.04. The van der Waals surface area contributed by atoms with Crippen molar-refractivity contribution < 1.29 is 39.8 Å². The second-order valence-corrected chi connectivity index (χ2v) is 20.4. The van der Waals surface area contributed by atoms with Crippen LogP contribution in [-0.2, 0) is 14.3 Å². The predicted molar refractivity (Wildman–Crippen MR) is 304 cm³/mol. The second kappa shape index (κ2) is 51.8. The number of unbranched alkanes of at least 4 members (excludes halogenated alkanes) is 28. The molecule has 0 saturated carbocycles. The molecular weight excluding hydrogens is 899 g/mol. The van der Waals surface area contributed by atoms with Gasteiger partial charge in [0, 0.05) is 6.42 Å². The molecule has 6 N–H and O–H groups in total. The molecular formula is C63H111NO8. The summed E-state index contributed by atoms with van der Waals surface area (Å²) in [4.78, 5) is 13.1. The Labute approximate surface area is 441 Å². The van der Waals surface area contributed by atoms with Gasteiger partial charge in [0.05, 0.1) is 25.4 Å². The highest BCUT2D eigenvalue weighted by molar-refractivity contribution is 5.76. The van der Waals surface area contributed by atoms with Crippen LogP contribution in [0.15, 0.2) is 85.1 Å². The largest absolute Gasteiger partial charge is 0.394 e. The molecule has 1 amide bonds. The molecule has 0 spiro atoms. The summed E-state index contributed by atoms with van der Waals surface area (Å²) in [7, 11) is 0. The van der Waals surface area contributed by atoms with E-state index >= 15 is 0 Å². The van der Waals surface area contributed by atoms with Gasteiger partial charge in [0.15, 0.2) is 6.29 Å². The lowest BCUT2D eigenvalue weighted by Gasteiger charge is -2.40. The highest BCUT2D eigenvalue weighted by atomic mass is 16.7. The molecule has 7 unspecified atom stereocenters. The maximum Gasteiger partial charge on any atom is 0.220 e. The van der Waals surface area contributed by atoms with E-state index in [2.05, 4.69) is 92.1 Å². The minimum Gasteiger partial charge on any atom is -0.394 e. The molecule has 0 aromatic carbocycles. The van der Waals surface area contributed by atoms with Crippen molar-refractivity contribution in [2.45, 2.75) is 294 Å². The van der Waals surface area contributed by atoms with Gasteiger partial charge in [-0.25, -0.2) is 0 Å². The smallest absolute Gasteiger partial charge is 0.220 e. The third-order valence-corrected chi connectivity index (χ3v) is 13.7. The molecule has 72 heavy (non-hydrogen) atoms. The zero-order valence-corrected chi connectivity index (χ0v) is 46.2. The van der Waals surface area contributed by atoms with E-state index in [0.29, 0.717) is 6.42 Å². The molecule has 0 aromatic heterocycles. The summed E-state index contributed by atoms with van der Waals surface area (Å²) in [5, 5.41) is 54.6. The number of aliphatic hydroxyl groups excluding tert-OH is 5. The van der Waals surface area contributed by atoms with Crippen LogP contribution in [-0.4, -0.2) is 87.5 Å². The SMILES string of the molecule is CC/C=C\C/C=C\C/C=C\C/C=C\C/C=C\C/C=C\CCCCCCC(=O)NC(COC1OC(CO)C(O)C(O)C1O)C(O)/C=C/CCCCCCCCCCCCCCCCCCCCCCCCCC. The molecule has 1 fully saturated rings. The van der Waals surface area contributed by atoms with E-state index in [9.17, 15) is 30.3 Å². The zero-order chi connectivity index (χ0) is 52.2. The number of allylic oxidation sites excluding steroid dienone is 13. The molecule has 416 valence electrons. The van der Waals surface area contributed by atoms with E-state index in [4.69, 9.17) is 9.47 Å². The highest BCUT2D eigenvalue weighted by Crippen LogP contribution is 2.23. The molecule has 0 aromatic rings. The highest BCUT2D eigenvalue weighted by Gasteiger charge is 2.44. The summed E-state index contributed by atoms with van der Waals surface area (Å²) in [6.07, 6.45) is 66.5. The summed E-state index contributed by atoms with van der Waals surface area (Å²) in [6, 6.07) is -0.826. The van der Waals surface area contributed by atoms with E-state index in [-0.39, 0.29) is 12.5 Å². The number of hydrogen-bond donors (Lipinski definition) is 6. The number of carbonyl (C=O) groups excluding carboxylic acids is 1. The van der Waals surface area contributed by atoms with Crippen molar-refractivity contribution in [3.63, 3.8) is 0 Å². The van der Waals surface area contributed by atoms with Crippen LogP contribution in [0.4, 0.5) is 0 Å². The molecule has 1 aliphatic heterocycles. The van der Waals surface area contributed by atoms with Crippen LogP contribution in [0.1, 0.15) is 251 Å². The third kappa shape index (κ3) is 40.7. The first-order valence-electron chi connectivity index (χ1n) is 29.8. The summed E-state index contributed by atoms with van der Waals surface area (Å²) in [5.41, 5.74) is 0. The average molecular weight is 1010 g/mol. The Bertz CT molecular complexity index is 1400. The lowest BCUT2D eigenvalue weighted by molar-refractivity contribution is -0.302. The van der Waals surface area contributed by atoms with Crippen LogP contribution in [0.25, 0.3) is 0 Å². The van der Waals surface area contributed by atoms with Crippen molar-refractivity contribution in [3.8, 4) is 0 Å². The van der Waals surface area contributed by atoms with Crippen LogP contribution in [0, 0.1) is 0 Å². The van der Waals surface area contributed by atoms with Gasteiger partial charge in [0.2, 0.25) is 5.91 Å². The van der Waals surface area contributed by atoms with Gasteiger partial charge in [-0.15, -0.1) is 0 Å². The summed E-state index contributed by atoms with van der Waals surface area (Å²) < 4.78 is 11.3. The van der Waals surface area contributed by atoms with Crippen molar-refractivity contribution in [1.29, 1.82) is 0 Å². The normalized spacial score (nSPS) is 19.8. The predicted octanol–water partition coefficient (Wildman–Crippen LogP) is 15.0. The molecule has 1 rings (SSSR count). The molecule has 0 aliphatic carbocycles. The number of ether oxygens (including phenoxy) is 2. The minimum atomic E-state index is -1.58. The van der Waals surface area contributed by atoms with Gasteiger partial charge in [-0.05, 0) is 70.6 Å². The van der Waals surface area contributed by atoms with Crippen LogP contribution < -0.4 is 5.32 Å². The number of hydrogen-bond acceptors (Lipinski definition) is 8. The average Bonchev–Trinajstić information content (AvgIpc) is 3.38. The van der Waals surface area contributed by atoms with Crippen LogP contribution in [0.2, 0.25) is 0 Å². The van der Waals surface area contributed by atoms with E-state index in [1.807, 2.05) is 6.08 Å². The number of rotatable bonds is 50. The maximum absolute atomic E-state index is 13.1. The van der Waals surface area contributed by atoms with Crippen LogP contribution in [0.3, 0.4) is 0 Å². The molecule has 9 heteroatoms. The van der Waals surface area contributed by atoms with E-state index in [1.165, 1.54) is 141 Å². The number of aliphatic hydroxyl groups is 5. The molecule has 0 radical (unpaired) electrons.